The highest BCUT2D eigenvalue weighted by molar-refractivity contribution is 9.10. The third-order valence-corrected chi connectivity index (χ3v) is 2.65. The summed E-state index contributed by atoms with van der Waals surface area (Å²) in [6, 6.07) is 3.46. The van der Waals surface area contributed by atoms with Crippen molar-refractivity contribution in [3.05, 3.63) is 22.6 Å². The lowest BCUT2D eigenvalue weighted by atomic mass is 10.2. The van der Waals surface area contributed by atoms with E-state index in [9.17, 15) is 4.79 Å². The molecule has 1 heterocycles. The third kappa shape index (κ3) is 4.38. The van der Waals surface area contributed by atoms with Crippen LogP contribution in [0.15, 0.2) is 21.2 Å². The minimum absolute atomic E-state index is 0.121. The lowest BCUT2D eigenvalue weighted by Gasteiger charge is -2.13. The molecule has 0 bridgehead atoms. The van der Waals surface area contributed by atoms with Crippen LogP contribution in [0.3, 0.4) is 0 Å². The highest BCUT2D eigenvalue weighted by Crippen LogP contribution is 2.14. The van der Waals surface area contributed by atoms with Gasteiger partial charge in [-0.3, -0.25) is 4.79 Å². The highest BCUT2D eigenvalue weighted by atomic mass is 79.9. The van der Waals surface area contributed by atoms with Gasteiger partial charge in [-0.15, -0.1) is 0 Å². The fourth-order valence-corrected chi connectivity index (χ4v) is 2.14. The minimum Gasteiger partial charge on any atom is -0.444 e. The number of carbonyl (C=O) groups excluding carboxylic acids is 1. The summed E-state index contributed by atoms with van der Waals surface area (Å²) in [5, 5.41) is 2.86. The molecule has 0 aliphatic heterocycles. The molecule has 1 N–H and O–H groups in total. The molecule has 5 heteroatoms. The smallest absolute Gasteiger partial charge is 0.287 e. The summed E-state index contributed by atoms with van der Waals surface area (Å²) in [5.74, 6) is 0.150. The van der Waals surface area contributed by atoms with Crippen LogP contribution in [-0.4, -0.2) is 16.8 Å². The van der Waals surface area contributed by atoms with Gasteiger partial charge in [0.2, 0.25) is 0 Å². The number of hydrogen-bond acceptors (Lipinski definition) is 2. The first-order valence-electron chi connectivity index (χ1n) is 4.69. The molecule has 0 spiro atoms. The lowest BCUT2D eigenvalue weighted by Crippen LogP contribution is -2.33. The van der Waals surface area contributed by atoms with Crippen LogP contribution in [0.2, 0.25) is 0 Å². The SMILES string of the molecule is CC(Br)CC(C)NC(=O)c1ccc(Br)o1. The Morgan fingerprint density at radius 2 is 2.20 bits per heavy atom. The van der Waals surface area contributed by atoms with Gasteiger partial charge in [-0.1, -0.05) is 22.9 Å². The molecule has 0 radical (unpaired) electrons. The molecule has 15 heavy (non-hydrogen) atoms. The Kier molecular flexibility index (Phi) is 4.86. The molecule has 0 saturated heterocycles. The predicted molar refractivity (Wildman–Crippen MR) is 66.3 cm³/mol. The Bertz CT molecular complexity index is 336. The van der Waals surface area contributed by atoms with Gasteiger partial charge in [0.25, 0.3) is 5.91 Å². The van der Waals surface area contributed by atoms with Crippen LogP contribution in [-0.2, 0) is 0 Å². The molecule has 2 atom stereocenters. The van der Waals surface area contributed by atoms with Crippen molar-refractivity contribution in [3.8, 4) is 0 Å². The van der Waals surface area contributed by atoms with Crippen LogP contribution < -0.4 is 5.32 Å². The molecule has 0 aromatic carbocycles. The topological polar surface area (TPSA) is 42.2 Å². The summed E-state index contributed by atoms with van der Waals surface area (Å²) in [6.45, 7) is 4.01. The van der Waals surface area contributed by atoms with Gasteiger partial charge in [-0.2, -0.15) is 0 Å². The Morgan fingerprint density at radius 1 is 1.53 bits per heavy atom. The van der Waals surface area contributed by atoms with E-state index >= 15 is 0 Å². The van der Waals surface area contributed by atoms with Crippen molar-refractivity contribution in [2.24, 2.45) is 0 Å². The summed E-state index contributed by atoms with van der Waals surface area (Å²) in [5.41, 5.74) is 0. The van der Waals surface area contributed by atoms with E-state index in [4.69, 9.17) is 4.42 Å². The lowest BCUT2D eigenvalue weighted by molar-refractivity contribution is 0.0909. The average molecular weight is 339 g/mol. The van der Waals surface area contributed by atoms with Crippen molar-refractivity contribution < 1.29 is 9.21 Å². The molecule has 0 saturated carbocycles. The summed E-state index contributed by atoms with van der Waals surface area (Å²) in [6.07, 6.45) is 0.883. The van der Waals surface area contributed by atoms with Crippen molar-refractivity contribution in [2.75, 3.05) is 0 Å². The van der Waals surface area contributed by atoms with E-state index in [0.717, 1.165) is 6.42 Å². The maximum absolute atomic E-state index is 11.6. The number of alkyl halides is 1. The van der Waals surface area contributed by atoms with E-state index < -0.39 is 0 Å². The van der Waals surface area contributed by atoms with E-state index in [0.29, 0.717) is 15.3 Å². The molecule has 0 fully saturated rings. The summed E-state index contributed by atoms with van der Waals surface area (Å²) in [4.78, 5) is 12.0. The molecule has 0 aliphatic carbocycles. The second-order valence-electron chi connectivity index (χ2n) is 3.49. The van der Waals surface area contributed by atoms with E-state index in [1.54, 1.807) is 12.1 Å². The van der Waals surface area contributed by atoms with Gasteiger partial charge in [0.1, 0.15) is 0 Å². The molecular weight excluding hydrogens is 326 g/mol. The van der Waals surface area contributed by atoms with E-state index in [2.05, 4.69) is 37.2 Å². The Hall–Kier alpha value is -0.290. The van der Waals surface area contributed by atoms with Crippen LogP contribution in [0, 0.1) is 0 Å². The molecule has 3 nitrogen and oxygen atoms in total. The maximum Gasteiger partial charge on any atom is 0.287 e. The number of hydrogen-bond donors (Lipinski definition) is 1. The van der Waals surface area contributed by atoms with Crippen LogP contribution in [0.5, 0.6) is 0 Å². The molecule has 2 unspecified atom stereocenters. The van der Waals surface area contributed by atoms with Crippen molar-refractivity contribution in [2.45, 2.75) is 31.1 Å². The van der Waals surface area contributed by atoms with Crippen LogP contribution >= 0.6 is 31.9 Å². The van der Waals surface area contributed by atoms with Crippen LogP contribution in [0.25, 0.3) is 0 Å². The van der Waals surface area contributed by atoms with Crippen molar-refractivity contribution in [1.29, 1.82) is 0 Å². The molecule has 0 aliphatic rings. The summed E-state index contributed by atoms with van der Waals surface area (Å²) >= 11 is 6.60. The second kappa shape index (κ2) is 5.70. The standard InChI is InChI=1S/C10H13Br2NO2/c1-6(11)5-7(2)13-10(14)8-3-4-9(12)15-8/h3-4,6-7H,5H2,1-2H3,(H,13,14). The van der Waals surface area contributed by atoms with E-state index in [-0.39, 0.29) is 11.9 Å². The minimum atomic E-state index is -0.179. The number of rotatable bonds is 4. The molecule has 1 aromatic heterocycles. The van der Waals surface area contributed by atoms with Gasteiger partial charge < -0.3 is 9.73 Å². The fraction of sp³-hybridized carbons (Fsp3) is 0.500. The zero-order chi connectivity index (χ0) is 11.4. The number of carbonyl (C=O) groups is 1. The maximum atomic E-state index is 11.6. The van der Waals surface area contributed by atoms with Gasteiger partial charge in [0.15, 0.2) is 10.4 Å². The zero-order valence-corrected chi connectivity index (χ0v) is 11.8. The van der Waals surface area contributed by atoms with Gasteiger partial charge in [-0.05, 0) is 41.4 Å². The quantitative estimate of drug-likeness (QED) is 0.855. The average Bonchev–Trinajstić information content (AvgIpc) is 2.49. The van der Waals surface area contributed by atoms with Crippen LogP contribution in [0.1, 0.15) is 30.8 Å². The van der Waals surface area contributed by atoms with Crippen molar-refractivity contribution in [1.82, 2.24) is 5.32 Å². The van der Waals surface area contributed by atoms with Crippen molar-refractivity contribution in [3.63, 3.8) is 0 Å². The Morgan fingerprint density at radius 3 is 2.67 bits per heavy atom. The van der Waals surface area contributed by atoms with Gasteiger partial charge in [-0.25, -0.2) is 0 Å². The first kappa shape index (κ1) is 12.8. The van der Waals surface area contributed by atoms with Gasteiger partial charge >= 0.3 is 0 Å². The first-order chi connectivity index (χ1) is 6.99. The fourth-order valence-electron chi connectivity index (χ4n) is 1.28. The van der Waals surface area contributed by atoms with Crippen LogP contribution in [0.4, 0.5) is 0 Å². The van der Waals surface area contributed by atoms with Gasteiger partial charge in [0.05, 0.1) is 0 Å². The number of furan rings is 1. The first-order valence-corrected chi connectivity index (χ1v) is 6.40. The Balaban J connectivity index is 2.49. The largest absolute Gasteiger partial charge is 0.444 e. The summed E-state index contributed by atoms with van der Waals surface area (Å²) in [7, 11) is 0. The molecule has 1 rings (SSSR count). The molecular formula is C10H13Br2NO2. The summed E-state index contributed by atoms with van der Waals surface area (Å²) < 4.78 is 5.71. The molecule has 1 amide bonds. The monoisotopic (exact) mass is 337 g/mol. The molecule has 84 valence electrons. The van der Waals surface area contributed by atoms with Crippen molar-refractivity contribution >= 4 is 37.8 Å². The molecule has 1 aromatic rings. The predicted octanol–water partition coefficient (Wildman–Crippen LogP) is 3.33. The Labute approximate surface area is 106 Å². The number of amides is 1. The second-order valence-corrected chi connectivity index (χ2v) is 5.84. The van der Waals surface area contributed by atoms with Gasteiger partial charge in [0, 0.05) is 10.9 Å². The third-order valence-electron chi connectivity index (χ3n) is 1.85. The number of nitrogens with one attached hydrogen (secondary N) is 1. The highest BCUT2D eigenvalue weighted by Gasteiger charge is 2.14. The van der Waals surface area contributed by atoms with E-state index in [1.807, 2.05) is 13.8 Å². The zero-order valence-electron chi connectivity index (χ0n) is 8.59. The van der Waals surface area contributed by atoms with E-state index in [1.165, 1.54) is 0 Å². The normalized spacial score (nSPS) is 14.7. The number of halogens is 2.